The maximum atomic E-state index is 12.5. The summed E-state index contributed by atoms with van der Waals surface area (Å²) < 4.78 is 5.56. The highest BCUT2D eigenvalue weighted by atomic mass is 16.5. The zero-order chi connectivity index (χ0) is 30.2. The average Bonchev–Trinajstić information content (AvgIpc) is 3.01. The molecule has 1 aliphatic carbocycles. The minimum Gasteiger partial charge on any atom is -0.462 e. The van der Waals surface area contributed by atoms with Crippen molar-refractivity contribution in [1.29, 1.82) is 5.26 Å². The Balaban J connectivity index is 1.42. The molecule has 0 bridgehead atoms. The number of nitriles is 1. The van der Waals surface area contributed by atoms with Gasteiger partial charge in [-0.15, -0.1) is 0 Å². The number of esters is 1. The summed E-state index contributed by atoms with van der Waals surface area (Å²) in [5.41, 5.74) is 4.17. The first-order valence-corrected chi connectivity index (χ1v) is 17.1. The molecule has 0 saturated heterocycles. The van der Waals surface area contributed by atoms with E-state index < -0.39 is 0 Å². The molecule has 0 unspecified atom stereocenters. The fourth-order valence-corrected chi connectivity index (χ4v) is 6.54. The van der Waals surface area contributed by atoms with Gasteiger partial charge in [0.15, 0.2) is 0 Å². The Morgan fingerprint density at radius 2 is 1.43 bits per heavy atom. The number of hydrogen-bond donors (Lipinski definition) is 0. The summed E-state index contributed by atoms with van der Waals surface area (Å²) in [6, 6.07) is 19.5. The number of rotatable bonds is 18. The number of unbranched alkanes of at least 4 members (excludes halogenated alkanes) is 6. The van der Waals surface area contributed by atoms with Gasteiger partial charge in [0.25, 0.3) is 0 Å². The molecule has 0 heterocycles. The molecule has 2 aromatic rings. The summed E-state index contributed by atoms with van der Waals surface area (Å²) >= 11 is 0. The molecule has 0 aromatic heterocycles. The van der Waals surface area contributed by atoms with Crippen LogP contribution >= 0.6 is 0 Å². The molecule has 2 aromatic carbocycles. The smallest absolute Gasteiger partial charge is 0.338 e. The van der Waals surface area contributed by atoms with Crippen LogP contribution < -0.4 is 0 Å². The number of carbonyl (C=O) groups is 1. The summed E-state index contributed by atoms with van der Waals surface area (Å²) in [6.07, 6.45) is 19.1. The molecule has 0 aliphatic heterocycles. The Hall–Kier alpha value is -2.60. The minimum absolute atomic E-state index is 0.103. The van der Waals surface area contributed by atoms with Crippen molar-refractivity contribution in [3.8, 4) is 17.2 Å². The number of hydrogen-bond acceptors (Lipinski definition) is 3. The molecule has 1 aliphatic rings. The predicted octanol–water partition coefficient (Wildman–Crippen LogP) is 11.7. The van der Waals surface area contributed by atoms with Gasteiger partial charge in [-0.2, -0.15) is 5.26 Å². The van der Waals surface area contributed by atoms with Crippen molar-refractivity contribution in [2.45, 2.75) is 136 Å². The maximum Gasteiger partial charge on any atom is 0.338 e. The molecule has 0 radical (unpaired) electrons. The summed E-state index contributed by atoms with van der Waals surface area (Å²) in [5.74, 6) is 1.65. The molecule has 42 heavy (non-hydrogen) atoms. The van der Waals surface area contributed by atoms with Crippen LogP contribution in [0.25, 0.3) is 11.1 Å². The van der Waals surface area contributed by atoms with Crippen LogP contribution in [0.3, 0.4) is 0 Å². The maximum absolute atomic E-state index is 12.5. The Kier molecular flexibility index (Phi) is 14.6. The molecule has 1 saturated carbocycles. The van der Waals surface area contributed by atoms with Crippen LogP contribution in [0.1, 0.15) is 152 Å². The fraction of sp³-hybridized carbons (Fsp3) is 0.641. The van der Waals surface area contributed by atoms with Crippen LogP contribution in [0.2, 0.25) is 0 Å². The van der Waals surface area contributed by atoms with E-state index in [4.69, 9.17) is 4.74 Å². The van der Waals surface area contributed by atoms with Gasteiger partial charge in [0.2, 0.25) is 0 Å². The van der Waals surface area contributed by atoms with E-state index in [-0.39, 0.29) is 11.4 Å². The van der Waals surface area contributed by atoms with E-state index in [1.807, 2.05) is 24.3 Å². The molecule has 0 amide bonds. The van der Waals surface area contributed by atoms with Gasteiger partial charge in [-0.05, 0) is 85.1 Å². The van der Waals surface area contributed by atoms with Crippen molar-refractivity contribution in [3.05, 3.63) is 59.7 Å². The lowest BCUT2D eigenvalue weighted by atomic mass is 9.67. The molecule has 3 heteroatoms. The highest BCUT2D eigenvalue weighted by Gasteiger charge is 2.35. The quantitative estimate of drug-likeness (QED) is 0.132. The number of nitrogens with zero attached hydrogens (tertiary/aromatic N) is 1. The van der Waals surface area contributed by atoms with Crippen LogP contribution in [0.4, 0.5) is 0 Å². The number of ether oxygens (including phenoxy) is 1. The fourth-order valence-electron chi connectivity index (χ4n) is 6.54. The minimum atomic E-state index is -0.232. The molecule has 1 atom stereocenters. The molecular weight excluding hydrogens is 514 g/mol. The summed E-state index contributed by atoms with van der Waals surface area (Å²) in [7, 11) is 0. The Morgan fingerprint density at radius 1 is 0.833 bits per heavy atom. The first kappa shape index (κ1) is 33.9. The van der Waals surface area contributed by atoms with E-state index in [0.717, 1.165) is 55.6 Å². The van der Waals surface area contributed by atoms with Gasteiger partial charge in [-0.25, -0.2) is 4.79 Å². The van der Waals surface area contributed by atoms with Crippen LogP contribution in [-0.4, -0.2) is 12.6 Å². The second kappa shape index (κ2) is 18.1. The number of carbonyl (C=O) groups excluding carboxylic acids is 1. The van der Waals surface area contributed by atoms with Crippen LogP contribution in [0.15, 0.2) is 48.5 Å². The molecule has 230 valence electrons. The van der Waals surface area contributed by atoms with Gasteiger partial charge in [0.05, 0.1) is 23.7 Å². The molecule has 0 spiro atoms. The zero-order valence-corrected chi connectivity index (χ0v) is 27.1. The van der Waals surface area contributed by atoms with Crippen LogP contribution in [-0.2, 0) is 4.74 Å². The molecule has 1 fully saturated rings. The molecule has 3 nitrogen and oxygen atoms in total. The van der Waals surface area contributed by atoms with Gasteiger partial charge < -0.3 is 4.74 Å². The lowest BCUT2D eigenvalue weighted by Gasteiger charge is -2.35. The monoisotopic (exact) mass is 571 g/mol. The van der Waals surface area contributed by atoms with E-state index in [0.29, 0.717) is 24.0 Å². The van der Waals surface area contributed by atoms with E-state index >= 15 is 0 Å². The normalized spacial score (nSPS) is 19.4. The van der Waals surface area contributed by atoms with Crippen molar-refractivity contribution in [1.82, 2.24) is 0 Å². The first-order valence-electron chi connectivity index (χ1n) is 17.1. The van der Waals surface area contributed by atoms with Gasteiger partial charge in [0.1, 0.15) is 0 Å². The van der Waals surface area contributed by atoms with Crippen molar-refractivity contribution >= 4 is 5.97 Å². The van der Waals surface area contributed by atoms with E-state index in [1.165, 1.54) is 69.8 Å². The zero-order valence-electron chi connectivity index (χ0n) is 27.1. The number of benzene rings is 2. The molecular formula is C39H57NO2. The Morgan fingerprint density at radius 3 is 2.02 bits per heavy atom. The van der Waals surface area contributed by atoms with Crippen molar-refractivity contribution in [2.75, 3.05) is 6.61 Å². The van der Waals surface area contributed by atoms with Crippen molar-refractivity contribution in [3.63, 3.8) is 0 Å². The van der Waals surface area contributed by atoms with E-state index in [2.05, 4.69) is 58.0 Å². The topological polar surface area (TPSA) is 50.1 Å². The van der Waals surface area contributed by atoms with Gasteiger partial charge >= 0.3 is 5.97 Å². The Labute approximate surface area is 257 Å². The summed E-state index contributed by atoms with van der Waals surface area (Å²) in [5, 5.41) is 10.0. The Bertz CT molecular complexity index is 1070. The standard InChI is InChI=1S/C39H57NO2/c1-5-6-7-8-9-10-11-26-39(30-40)27-23-36(24-28-39)35-17-15-33(16-18-35)34-19-21-37(22-20-34)38(41)42-29-25-32(4)14-12-13-31(2)3/h15-22,31-32,36H,5-14,23-29H2,1-4H3/t32-,36-,39-/m1/s1. The second-order valence-electron chi connectivity index (χ2n) is 13.6. The van der Waals surface area contributed by atoms with Crippen molar-refractivity contribution < 1.29 is 9.53 Å². The van der Waals surface area contributed by atoms with Crippen molar-refractivity contribution in [2.24, 2.45) is 17.3 Å². The lowest BCUT2D eigenvalue weighted by Crippen LogP contribution is -2.25. The van der Waals surface area contributed by atoms with Crippen LogP contribution in [0.5, 0.6) is 0 Å². The summed E-state index contributed by atoms with van der Waals surface area (Å²) in [4.78, 5) is 12.5. The predicted molar refractivity (Wildman–Crippen MR) is 176 cm³/mol. The lowest BCUT2D eigenvalue weighted by molar-refractivity contribution is 0.0483. The highest BCUT2D eigenvalue weighted by molar-refractivity contribution is 5.90. The van der Waals surface area contributed by atoms with E-state index in [1.54, 1.807) is 0 Å². The molecule has 3 rings (SSSR count). The third-order valence-corrected chi connectivity index (χ3v) is 9.60. The highest BCUT2D eigenvalue weighted by Crippen LogP contribution is 2.46. The average molecular weight is 572 g/mol. The van der Waals surface area contributed by atoms with Gasteiger partial charge in [0, 0.05) is 0 Å². The third kappa shape index (κ3) is 11.2. The van der Waals surface area contributed by atoms with Gasteiger partial charge in [-0.1, -0.05) is 128 Å². The van der Waals surface area contributed by atoms with E-state index in [9.17, 15) is 10.1 Å². The molecule has 0 N–H and O–H groups in total. The SMILES string of the molecule is CCCCCCCCC[C@]1(C#N)CC[C@H](c2ccc(-c3ccc(C(=O)OCC[C@H](C)CCCC(C)C)cc3)cc2)CC1. The largest absolute Gasteiger partial charge is 0.462 e. The third-order valence-electron chi connectivity index (χ3n) is 9.60. The van der Waals surface area contributed by atoms with Gasteiger partial charge in [-0.3, -0.25) is 0 Å². The second-order valence-corrected chi connectivity index (χ2v) is 13.6. The summed E-state index contributed by atoms with van der Waals surface area (Å²) in [6.45, 7) is 9.53. The first-order chi connectivity index (χ1) is 20.4. The van der Waals surface area contributed by atoms with Crippen LogP contribution in [0, 0.1) is 28.6 Å².